The van der Waals surface area contributed by atoms with Crippen LogP contribution in [-0.4, -0.2) is 32.2 Å². The maximum Gasteiger partial charge on any atom is 0.222 e. The molecule has 114 valence electrons. The molecule has 0 bridgehead atoms. The summed E-state index contributed by atoms with van der Waals surface area (Å²) in [5, 5.41) is 13.0. The highest BCUT2D eigenvalue weighted by molar-refractivity contribution is 9.10. The molecule has 6 nitrogen and oxygen atoms in total. The molecule has 0 fully saturated rings. The molecule has 0 saturated carbocycles. The molecular formula is C14H20BrN5O. The molecular weight excluding hydrogens is 334 g/mol. The van der Waals surface area contributed by atoms with E-state index < -0.39 is 5.54 Å². The lowest BCUT2D eigenvalue weighted by atomic mass is 9.96. The van der Waals surface area contributed by atoms with Gasteiger partial charge in [-0.25, -0.2) is 9.97 Å². The number of nitrogens with one attached hydrogen (secondary N) is 1. The minimum atomic E-state index is -0.460. The van der Waals surface area contributed by atoms with E-state index in [4.69, 9.17) is 5.73 Å². The van der Waals surface area contributed by atoms with E-state index in [-0.39, 0.29) is 12.6 Å². The SMILES string of the molecule is CCCCC(C)(CO)Nc1nc(N)nc2cc(Br)cnc12. The Balaban J connectivity index is 2.41. The van der Waals surface area contributed by atoms with E-state index in [1.165, 1.54) is 0 Å². The lowest BCUT2D eigenvalue weighted by Gasteiger charge is -2.29. The van der Waals surface area contributed by atoms with Gasteiger partial charge in [0.15, 0.2) is 5.82 Å². The number of nitrogen functional groups attached to an aromatic ring is 1. The molecule has 21 heavy (non-hydrogen) atoms. The first kappa shape index (κ1) is 15.9. The summed E-state index contributed by atoms with van der Waals surface area (Å²) >= 11 is 3.37. The number of rotatable bonds is 6. The van der Waals surface area contributed by atoms with Gasteiger partial charge in [-0.05, 0) is 35.3 Å². The summed E-state index contributed by atoms with van der Waals surface area (Å²) in [6, 6.07) is 1.84. The number of unbranched alkanes of at least 4 members (excludes halogenated alkanes) is 1. The summed E-state index contributed by atoms with van der Waals surface area (Å²) in [6.45, 7) is 4.09. The van der Waals surface area contributed by atoms with Gasteiger partial charge in [-0.2, -0.15) is 4.98 Å². The Labute approximate surface area is 132 Å². The lowest BCUT2D eigenvalue weighted by Crippen LogP contribution is -2.39. The van der Waals surface area contributed by atoms with Crippen molar-refractivity contribution >= 4 is 38.7 Å². The highest BCUT2D eigenvalue weighted by atomic mass is 79.9. The van der Waals surface area contributed by atoms with Crippen molar-refractivity contribution in [2.75, 3.05) is 17.7 Å². The molecule has 2 heterocycles. The van der Waals surface area contributed by atoms with Gasteiger partial charge < -0.3 is 16.2 Å². The Bertz CT molecular complexity index is 631. The fourth-order valence-corrected chi connectivity index (χ4v) is 2.45. The summed E-state index contributed by atoms with van der Waals surface area (Å²) in [7, 11) is 0. The normalized spacial score (nSPS) is 14.1. The zero-order valence-electron chi connectivity index (χ0n) is 12.2. The molecule has 0 spiro atoms. The lowest BCUT2D eigenvalue weighted by molar-refractivity contribution is 0.212. The van der Waals surface area contributed by atoms with Crippen LogP contribution in [0.25, 0.3) is 11.0 Å². The minimum absolute atomic E-state index is 0.00886. The highest BCUT2D eigenvalue weighted by Gasteiger charge is 2.24. The van der Waals surface area contributed by atoms with Crippen molar-refractivity contribution < 1.29 is 5.11 Å². The molecule has 1 atom stereocenters. The van der Waals surface area contributed by atoms with Crippen molar-refractivity contribution in [2.45, 2.75) is 38.6 Å². The number of fused-ring (bicyclic) bond motifs is 1. The van der Waals surface area contributed by atoms with Crippen molar-refractivity contribution in [3.63, 3.8) is 0 Å². The fraction of sp³-hybridized carbons (Fsp3) is 0.500. The molecule has 4 N–H and O–H groups in total. The minimum Gasteiger partial charge on any atom is -0.394 e. The van der Waals surface area contributed by atoms with Gasteiger partial charge in [0.25, 0.3) is 0 Å². The second kappa shape index (κ2) is 6.53. The maximum atomic E-state index is 9.69. The number of nitrogens with two attached hydrogens (primary N) is 1. The predicted molar refractivity (Wildman–Crippen MR) is 88.1 cm³/mol. The average molecular weight is 354 g/mol. The van der Waals surface area contributed by atoms with Gasteiger partial charge in [0.05, 0.1) is 17.7 Å². The Morgan fingerprint density at radius 3 is 2.86 bits per heavy atom. The van der Waals surface area contributed by atoms with Crippen molar-refractivity contribution in [1.82, 2.24) is 15.0 Å². The summed E-state index contributed by atoms with van der Waals surface area (Å²) in [5.41, 5.74) is 6.61. The average Bonchev–Trinajstić information content (AvgIpc) is 2.44. The van der Waals surface area contributed by atoms with E-state index in [0.29, 0.717) is 16.9 Å². The molecule has 7 heteroatoms. The van der Waals surface area contributed by atoms with Gasteiger partial charge in [0, 0.05) is 10.7 Å². The topological polar surface area (TPSA) is 97.0 Å². The molecule has 2 rings (SSSR count). The van der Waals surface area contributed by atoms with E-state index >= 15 is 0 Å². The monoisotopic (exact) mass is 353 g/mol. The molecule has 0 aliphatic heterocycles. The van der Waals surface area contributed by atoms with Crippen molar-refractivity contribution in [1.29, 1.82) is 0 Å². The van der Waals surface area contributed by atoms with Crippen LogP contribution in [0.1, 0.15) is 33.1 Å². The Morgan fingerprint density at radius 1 is 1.43 bits per heavy atom. The number of hydrogen-bond donors (Lipinski definition) is 3. The van der Waals surface area contributed by atoms with Crippen molar-refractivity contribution in [3.05, 3.63) is 16.7 Å². The van der Waals surface area contributed by atoms with Crippen LogP contribution in [0.4, 0.5) is 11.8 Å². The van der Waals surface area contributed by atoms with Crippen LogP contribution < -0.4 is 11.1 Å². The number of nitrogens with zero attached hydrogens (tertiary/aromatic N) is 3. The first-order valence-corrected chi connectivity index (χ1v) is 7.74. The second-order valence-corrected chi connectivity index (χ2v) is 6.31. The molecule has 0 aliphatic carbocycles. The van der Waals surface area contributed by atoms with Crippen molar-refractivity contribution in [2.24, 2.45) is 0 Å². The molecule has 1 unspecified atom stereocenters. The van der Waals surface area contributed by atoms with E-state index in [1.807, 2.05) is 13.0 Å². The molecule has 0 aromatic carbocycles. The van der Waals surface area contributed by atoms with Crippen molar-refractivity contribution in [3.8, 4) is 0 Å². The van der Waals surface area contributed by atoms with E-state index in [2.05, 4.69) is 43.1 Å². The van der Waals surface area contributed by atoms with Gasteiger partial charge in [-0.3, -0.25) is 0 Å². The van der Waals surface area contributed by atoms with Crippen LogP contribution in [0.5, 0.6) is 0 Å². The quantitative estimate of drug-likeness (QED) is 0.738. The largest absolute Gasteiger partial charge is 0.394 e. The maximum absolute atomic E-state index is 9.69. The van der Waals surface area contributed by atoms with Gasteiger partial charge >= 0.3 is 0 Å². The molecule has 0 amide bonds. The number of hydrogen-bond acceptors (Lipinski definition) is 6. The Morgan fingerprint density at radius 2 is 2.19 bits per heavy atom. The number of anilines is 2. The number of halogens is 1. The molecule has 2 aromatic heterocycles. The fourth-order valence-electron chi connectivity index (χ4n) is 2.13. The number of pyridine rings is 1. The van der Waals surface area contributed by atoms with Gasteiger partial charge in [-0.1, -0.05) is 19.8 Å². The standard InChI is InChI=1S/C14H20BrN5O/c1-3-4-5-14(2,8-21)20-12-11-10(18-13(16)19-12)6-9(15)7-17-11/h6-7,21H,3-5,8H2,1-2H3,(H3,16,18,19,20). The number of aliphatic hydroxyl groups excluding tert-OH is 1. The van der Waals surface area contributed by atoms with Crippen LogP contribution in [0.15, 0.2) is 16.7 Å². The zero-order valence-corrected chi connectivity index (χ0v) is 13.8. The molecule has 0 saturated heterocycles. The smallest absolute Gasteiger partial charge is 0.222 e. The first-order chi connectivity index (χ1) is 9.97. The predicted octanol–water partition coefficient (Wildman–Crippen LogP) is 2.72. The van der Waals surface area contributed by atoms with E-state index in [1.54, 1.807) is 6.20 Å². The number of aliphatic hydroxyl groups is 1. The summed E-state index contributed by atoms with van der Waals surface area (Å²) in [6.07, 6.45) is 4.61. The van der Waals surface area contributed by atoms with Crippen LogP contribution >= 0.6 is 15.9 Å². The molecule has 0 aliphatic rings. The Kier molecular flexibility index (Phi) is 4.95. The molecule has 2 aromatic rings. The van der Waals surface area contributed by atoms with Crippen LogP contribution in [0.2, 0.25) is 0 Å². The third kappa shape index (κ3) is 3.79. The summed E-state index contributed by atoms with van der Waals surface area (Å²) < 4.78 is 0.829. The third-order valence-electron chi connectivity index (χ3n) is 3.37. The number of aromatic nitrogens is 3. The Hall–Kier alpha value is -1.47. The van der Waals surface area contributed by atoms with Crippen LogP contribution in [0.3, 0.4) is 0 Å². The zero-order chi connectivity index (χ0) is 15.5. The van der Waals surface area contributed by atoms with Gasteiger partial charge in [0.1, 0.15) is 5.52 Å². The first-order valence-electron chi connectivity index (χ1n) is 6.95. The highest BCUT2D eigenvalue weighted by Crippen LogP contribution is 2.26. The van der Waals surface area contributed by atoms with Gasteiger partial charge in [0.2, 0.25) is 5.95 Å². The van der Waals surface area contributed by atoms with Gasteiger partial charge in [-0.15, -0.1) is 0 Å². The van der Waals surface area contributed by atoms with E-state index in [0.717, 1.165) is 23.7 Å². The second-order valence-electron chi connectivity index (χ2n) is 5.40. The summed E-state index contributed by atoms with van der Waals surface area (Å²) in [4.78, 5) is 12.8. The van der Waals surface area contributed by atoms with Crippen LogP contribution in [-0.2, 0) is 0 Å². The van der Waals surface area contributed by atoms with E-state index in [9.17, 15) is 5.11 Å². The summed E-state index contributed by atoms with van der Waals surface area (Å²) in [5.74, 6) is 0.735. The third-order valence-corrected chi connectivity index (χ3v) is 3.80. The molecule has 0 radical (unpaired) electrons. The van der Waals surface area contributed by atoms with Crippen LogP contribution in [0, 0.1) is 0 Å².